The van der Waals surface area contributed by atoms with Gasteiger partial charge in [0, 0.05) is 44.1 Å². The van der Waals surface area contributed by atoms with Crippen LogP contribution in [0.25, 0.3) is 0 Å². The van der Waals surface area contributed by atoms with E-state index in [0.29, 0.717) is 17.4 Å². The molecular formula is C20H29ClN2O2. The predicted molar refractivity (Wildman–Crippen MR) is 101 cm³/mol. The zero-order chi connectivity index (χ0) is 16.7. The number of amides is 1. The van der Waals surface area contributed by atoms with Crippen molar-refractivity contribution in [3.05, 3.63) is 35.4 Å². The number of halogens is 1. The summed E-state index contributed by atoms with van der Waals surface area (Å²) in [7, 11) is 1.86. The van der Waals surface area contributed by atoms with E-state index >= 15 is 0 Å². The van der Waals surface area contributed by atoms with E-state index in [0.717, 1.165) is 19.0 Å². The zero-order valence-corrected chi connectivity index (χ0v) is 15.8. The van der Waals surface area contributed by atoms with E-state index in [1.165, 1.54) is 44.2 Å². The van der Waals surface area contributed by atoms with Crippen LogP contribution in [0, 0.1) is 17.8 Å². The van der Waals surface area contributed by atoms with Gasteiger partial charge in [0.25, 0.3) is 0 Å². The molecule has 1 aromatic carbocycles. The molecule has 2 saturated carbocycles. The molecule has 4 nitrogen and oxygen atoms in total. The van der Waals surface area contributed by atoms with Gasteiger partial charge in [0.2, 0.25) is 5.91 Å². The third kappa shape index (κ3) is 3.32. The van der Waals surface area contributed by atoms with Gasteiger partial charge >= 0.3 is 0 Å². The van der Waals surface area contributed by atoms with Crippen molar-refractivity contribution in [3.63, 3.8) is 0 Å². The van der Waals surface area contributed by atoms with Gasteiger partial charge in [0.05, 0.1) is 0 Å². The summed E-state index contributed by atoms with van der Waals surface area (Å²) in [6.45, 7) is 3.55. The highest BCUT2D eigenvalue weighted by Crippen LogP contribution is 2.51. The molecular weight excluding hydrogens is 336 g/mol. The van der Waals surface area contributed by atoms with E-state index < -0.39 is 0 Å². The molecule has 138 valence electrons. The van der Waals surface area contributed by atoms with Crippen LogP contribution < -0.4 is 5.73 Å². The molecule has 4 rings (SSSR count). The second-order valence-electron chi connectivity index (χ2n) is 7.93. The van der Waals surface area contributed by atoms with E-state index in [1.807, 2.05) is 19.2 Å². The van der Waals surface area contributed by atoms with Crippen LogP contribution in [-0.2, 0) is 10.3 Å². The fraction of sp³-hybridized carbons (Fsp3) is 0.650. The topological polar surface area (TPSA) is 55.6 Å². The van der Waals surface area contributed by atoms with Crippen molar-refractivity contribution in [2.24, 2.45) is 23.5 Å². The summed E-state index contributed by atoms with van der Waals surface area (Å²) in [5.41, 5.74) is 6.98. The van der Waals surface area contributed by atoms with Gasteiger partial charge in [0.1, 0.15) is 5.60 Å². The van der Waals surface area contributed by atoms with Crippen molar-refractivity contribution >= 4 is 18.3 Å². The van der Waals surface area contributed by atoms with Crippen LogP contribution in [0.1, 0.15) is 48.0 Å². The van der Waals surface area contributed by atoms with E-state index in [4.69, 9.17) is 10.5 Å². The number of benzene rings is 1. The monoisotopic (exact) mass is 364 g/mol. The number of methoxy groups -OCH3 is 1. The van der Waals surface area contributed by atoms with Crippen molar-refractivity contribution in [1.82, 2.24) is 4.90 Å². The minimum atomic E-state index is -0.368. The number of piperidine rings is 1. The highest BCUT2D eigenvalue weighted by molar-refractivity contribution is 5.92. The van der Waals surface area contributed by atoms with Crippen LogP contribution in [0.2, 0.25) is 0 Å². The number of carbonyl (C=O) groups is 1. The Bertz CT molecular complexity index is 601. The Labute approximate surface area is 156 Å². The maximum Gasteiger partial charge on any atom is 0.248 e. The molecule has 3 aliphatic rings. The molecule has 0 spiro atoms. The Balaban J connectivity index is 0.00000182. The van der Waals surface area contributed by atoms with Crippen molar-refractivity contribution < 1.29 is 9.53 Å². The molecule has 3 atom stereocenters. The average Bonchev–Trinajstić information content (AvgIpc) is 3.38. The quantitative estimate of drug-likeness (QED) is 0.872. The summed E-state index contributed by atoms with van der Waals surface area (Å²) < 4.78 is 6.26. The van der Waals surface area contributed by atoms with Gasteiger partial charge in [0.15, 0.2) is 0 Å². The summed E-state index contributed by atoms with van der Waals surface area (Å²) in [5.74, 6) is 1.64. The van der Waals surface area contributed by atoms with Gasteiger partial charge in [-0.1, -0.05) is 18.6 Å². The third-order valence-electron chi connectivity index (χ3n) is 6.45. The Morgan fingerprint density at radius 3 is 2.24 bits per heavy atom. The van der Waals surface area contributed by atoms with Crippen LogP contribution >= 0.6 is 12.4 Å². The second kappa shape index (κ2) is 7.26. The first-order valence-corrected chi connectivity index (χ1v) is 9.31. The fourth-order valence-corrected chi connectivity index (χ4v) is 5.16. The normalized spacial score (nSPS) is 32.0. The largest absolute Gasteiger partial charge is 0.373 e. The SMILES string of the molecule is COC1(c2ccc(C(N)=O)cc2)[C@@H]2CCC[C@H]1CN(CC1CC1)C2.Cl. The van der Waals surface area contributed by atoms with E-state index in [-0.39, 0.29) is 23.9 Å². The van der Waals surface area contributed by atoms with Gasteiger partial charge in [-0.25, -0.2) is 0 Å². The van der Waals surface area contributed by atoms with Crippen molar-refractivity contribution in [2.45, 2.75) is 37.7 Å². The van der Waals surface area contributed by atoms with Crippen LogP contribution in [0.3, 0.4) is 0 Å². The van der Waals surface area contributed by atoms with Gasteiger partial charge in [-0.15, -0.1) is 12.4 Å². The molecule has 0 radical (unpaired) electrons. The van der Waals surface area contributed by atoms with Crippen LogP contribution in [-0.4, -0.2) is 37.6 Å². The molecule has 2 bridgehead atoms. The summed E-state index contributed by atoms with van der Waals surface area (Å²) in [6.07, 6.45) is 6.58. The molecule has 1 aromatic rings. The summed E-state index contributed by atoms with van der Waals surface area (Å²) in [6, 6.07) is 7.83. The molecule has 2 aliphatic carbocycles. The highest BCUT2D eigenvalue weighted by atomic mass is 35.5. The van der Waals surface area contributed by atoms with E-state index in [2.05, 4.69) is 17.0 Å². The molecule has 1 saturated heterocycles. The number of primary amides is 1. The minimum Gasteiger partial charge on any atom is -0.373 e. The first kappa shape index (κ1) is 18.7. The lowest BCUT2D eigenvalue weighted by Gasteiger charge is -2.55. The van der Waals surface area contributed by atoms with E-state index in [1.54, 1.807) is 0 Å². The Hall–Kier alpha value is -1.10. The lowest BCUT2D eigenvalue weighted by atomic mass is 9.62. The molecule has 3 fully saturated rings. The smallest absolute Gasteiger partial charge is 0.248 e. The minimum absolute atomic E-state index is 0. The number of hydrogen-bond acceptors (Lipinski definition) is 3. The first-order valence-electron chi connectivity index (χ1n) is 9.31. The number of hydrogen-bond donors (Lipinski definition) is 1. The molecule has 5 heteroatoms. The van der Waals surface area contributed by atoms with E-state index in [9.17, 15) is 4.79 Å². The van der Waals surface area contributed by atoms with Crippen LogP contribution in [0.5, 0.6) is 0 Å². The highest BCUT2D eigenvalue weighted by Gasteiger charge is 2.53. The molecule has 2 N–H and O–H groups in total. The van der Waals surface area contributed by atoms with Crippen molar-refractivity contribution in [3.8, 4) is 0 Å². The maximum absolute atomic E-state index is 11.4. The molecule has 0 aromatic heterocycles. The summed E-state index contributed by atoms with van der Waals surface area (Å²) in [4.78, 5) is 14.1. The predicted octanol–water partition coefficient (Wildman–Crippen LogP) is 3.19. The second-order valence-corrected chi connectivity index (χ2v) is 7.93. The van der Waals surface area contributed by atoms with Gasteiger partial charge in [-0.05, 0) is 49.3 Å². The molecule has 1 aliphatic heterocycles. The number of likely N-dealkylation sites (tertiary alicyclic amines) is 1. The number of carbonyl (C=O) groups excluding carboxylic acids is 1. The third-order valence-corrected chi connectivity index (χ3v) is 6.45. The standard InChI is InChI=1S/C20H28N2O2.ClH/c1-24-20(16-9-7-15(8-10-16)19(21)23)17-3-2-4-18(20)13-22(12-17)11-14-5-6-14;/h7-10,14,17-18H,2-6,11-13H2,1H3,(H2,21,23);1H/t17-,18+,20?;. The van der Waals surface area contributed by atoms with Gasteiger partial charge < -0.3 is 15.4 Å². The number of nitrogens with two attached hydrogens (primary N) is 1. The van der Waals surface area contributed by atoms with Crippen molar-refractivity contribution in [1.29, 1.82) is 0 Å². The molecule has 25 heavy (non-hydrogen) atoms. The molecule has 1 heterocycles. The number of fused-ring (bicyclic) bond motifs is 2. The van der Waals surface area contributed by atoms with Crippen LogP contribution in [0.15, 0.2) is 24.3 Å². The van der Waals surface area contributed by atoms with Crippen LogP contribution in [0.4, 0.5) is 0 Å². The van der Waals surface area contributed by atoms with Crippen molar-refractivity contribution in [2.75, 3.05) is 26.7 Å². The average molecular weight is 365 g/mol. The Morgan fingerprint density at radius 2 is 1.76 bits per heavy atom. The molecule has 1 unspecified atom stereocenters. The van der Waals surface area contributed by atoms with Gasteiger partial charge in [-0.3, -0.25) is 4.79 Å². The fourth-order valence-electron chi connectivity index (χ4n) is 5.16. The van der Waals surface area contributed by atoms with Gasteiger partial charge in [-0.2, -0.15) is 0 Å². The number of rotatable bonds is 5. The first-order chi connectivity index (χ1) is 11.6. The maximum atomic E-state index is 11.4. The summed E-state index contributed by atoms with van der Waals surface area (Å²) in [5, 5.41) is 0. The lowest BCUT2D eigenvalue weighted by molar-refractivity contribution is -0.169. The summed E-state index contributed by atoms with van der Waals surface area (Å²) >= 11 is 0. The zero-order valence-electron chi connectivity index (χ0n) is 14.9. The Kier molecular flexibility index (Phi) is 5.42. The number of nitrogens with zero attached hydrogens (tertiary/aromatic N) is 1. The Morgan fingerprint density at radius 1 is 1.16 bits per heavy atom. The lowest BCUT2D eigenvalue weighted by Crippen LogP contribution is -2.59. The number of ether oxygens (including phenoxy) is 1. The molecule has 1 amide bonds.